The van der Waals surface area contributed by atoms with Gasteiger partial charge in [0, 0.05) is 17.3 Å². The quantitative estimate of drug-likeness (QED) is 0.593. The number of carbonyl (C=O) groups is 2. The number of nitrogens with zero attached hydrogens (tertiary/aromatic N) is 2. The van der Waals surface area contributed by atoms with E-state index in [0.29, 0.717) is 10.7 Å². The predicted octanol–water partition coefficient (Wildman–Crippen LogP) is 3.01. The summed E-state index contributed by atoms with van der Waals surface area (Å²) in [6, 6.07) is 12.0. The van der Waals surface area contributed by atoms with Crippen molar-refractivity contribution in [2.24, 2.45) is 0 Å². The maximum Gasteiger partial charge on any atom is 0.338 e. The van der Waals surface area contributed by atoms with Crippen LogP contribution in [-0.4, -0.2) is 40.5 Å². The summed E-state index contributed by atoms with van der Waals surface area (Å²) < 4.78 is 31.1. The Morgan fingerprint density at radius 1 is 1.20 bits per heavy atom. The highest BCUT2D eigenvalue weighted by Crippen LogP contribution is 2.23. The number of benzene rings is 2. The van der Waals surface area contributed by atoms with Crippen molar-refractivity contribution in [1.82, 2.24) is 4.72 Å². The second kappa shape index (κ2) is 10.4. The summed E-state index contributed by atoms with van der Waals surface area (Å²) in [5.41, 5.74) is 0.361. The fourth-order valence-electron chi connectivity index (χ4n) is 2.44. The van der Waals surface area contributed by atoms with E-state index in [2.05, 4.69) is 4.72 Å². The Morgan fingerprint density at radius 3 is 2.57 bits per heavy atom. The Bertz CT molecular complexity index is 1100. The lowest BCUT2D eigenvalue weighted by Gasteiger charge is -2.22. The zero-order valence-corrected chi connectivity index (χ0v) is 18.1. The molecule has 0 saturated heterocycles. The topological polar surface area (TPSA) is 117 Å². The van der Waals surface area contributed by atoms with Gasteiger partial charge in [0.2, 0.25) is 10.0 Å². The van der Waals surface area contributed by atoms with Crippen LogP contribution in [-0.2, 0) is 19.6 Å². The maximum atomic E-state index is 12.6. The summed E-state index contributed by atoms with van der Waals surface area (Å²) in [7, 11) is -2.68. The van der Waals surface area contributed by atoms with Crippen LogP contribution >= 0.6 is 23.2 Å². The molecular weight excluding hydrogens is 453 g/mol. The monoisotopic (exact) mass is 469 g/mol. The number of sulfonamides is 1. The summed E-state index contributed by atoms with van der Waals surface area (Å²) in [4.78, 5) is 25.9. The Kier molecular flexibility index (Phi) is 8.20. The van der Waals surface area contributed by atoms with Gasteiger partial charge in [0.25, 0.3) is 5.91 Å². The van der Waals surface area contributed by atoms with E-state index in [1.165, 1.54) is 24.1 Å². The van der Waals surface area contributed by atoms with Gasteiger partial charge < -0.3 is 9.64 Å². The van der Waals surface area contributed by atoms with Crippen LogP contribution in [0.2, 0.25) is 10.0 Å². The molecule has 0 aliphatic rings. The number of esters is 1. The molecule has 0 spiro atoms. The van der Waals surface area contributed by atoms with Crippen LogP contribution in [0.25, 0.3) is 0 Å². The first-order valence-electron chi connectivity index (χ1n) is 8.52. The van der Waals surface area contributed by atoms with E-state index in [-0.39, 0.29) is 28.4 Å². The Labute approximate surface area is 184 Å². The van der Waals surface area contributed by atoms with Gasteiger partial charge in [-0.3, -0.25) is 4.79 Å². The van der Waals surface area contributed by atoms with Gasteiger partial charge >= 0.3 is 5.97 Å². The molecule has 1 N–H and O–H groups in total. The molecule has 0 atom stereocenters. The number of rotatable bonds is 8. The third kappa shape index (κ3) is 5.93. The SMILES string of the molecule is CNS(=O)(=O)c1cc(C(=O)OCC(=O)N(CCC#N)c2cccc(Cl)c2)ccc1Cl. The maximum absolute atomic E-state index is 12.6. The van der Waals surface area contributed by atoms with Crippen molar-refractivity contribution in [3.8, 4) is 6.07 Å². The fourth-order valence-corrected chi connectivity index (χ4v) is 3.87. The number of halogens is 2. The fraction of sp³-hybridized carbons (Fsp3) is 0.211. The number of carbonyl (C=O) groups excluding carboxylic acids is 2. The van der Waals surface area contributed by atoms with Crippen molar-refractivity contribution in [2.75, 3.05) is 25.1 Å². The molecule has 0 saturated carbocycles. The minimum Gasteiger partial charge on any atom is -0.452 e. The molecule has 0 fully saturated rings. The van der Waals surface area contributed by atoms with Crippen LogP contribution < -0.4 is 9.62 Å². The van der Waals surface area contributed by atoms with E-state index in [1.54, 1.807) is 24.3 Å². The molecular formula is C19H17Cl2N3O5S. The second-order valence-electron chi connectivity index (χ2n) is 5.86. The highest BCUT2D eigenvalue weighted by Gasteiger charge is 2.21. The minimum atomic E-state index is -3.89. The molecule has 8 nitrogen and oxygen atoms in total. The standard InChI is InChI=1S/C19H17Cl2N3O5S/c1-23-30(27,28)17-10-13(6-7-16(17)21)19(26)29-12-18(25)24(9-3-8-22)15-5-2-4-14(20)11-15/h2,4-7,10-11,23H,3,9,12H2,1H3. The van der Waals surface area contributed by atoms with E-state index in [9.17, 15) is 18.0 Å². The van der Waals surface area contributed by atoms with Crippen LogP contribution in [0.15, 0.2) is 47.4 Å². The number of nitriles is 1. The number of nitrogens with one attached hydrogen (secondary N) is 1. The van der Waals surface area contributed by atoms with Crippen LogP contribution in [0.4, 0.5) is 5.69 Å². The van der Waals surface area contributed by atoms with Crippen molar-refractivity contribution in [1.29, 1.82) is 5.26 Å². The van der Waals surface area contributed by atoms with Crippen molar-refractivity contribution in [3.05, 3.63) is 58.1 Å². The summed E-state index contributed by atoms with van der Waals surface area (Å²) in [6.45, 7) is -0.535. The predicted molar refractivity (Wildman–Crippen MR) is 112 cm³/mol. The number of ether oxygens (including phenoxy) is 1. The third-order valence-corrected chi connectivity index (χ3v) is 6.05. The average Bonchev–Trinajstić information content (AvgIpc) is 2.72. The first-order chi connectivity index (χ1) is 14.2. The summed E-state index contributed by atoms with van der Waals surface area (Å²) in [5, 5.41) is 9.17. The molecule has 30 heavy (non-hydrogen) atoms. The largest absolute Gasteiger partial charge is 0.452 e. The summed E-state index contributed by atoms with van der Waals surface area (Å²) in [5.74, 6) is -1.48. The van der Waals surface area contributed by atoms with E-state index in [1.807, 2.05) is 6.07 Å². The highest BCUT2D eigenvalue weighted by molar-refractivity contribution is 7.89. The van der Waals surface area contributed by atoms with Crippen molar-refractivity contribution in [3.63, 3.8) is 0 Å². The summed E-state index contributed by atoms with van der Waals surface area (Å²) >= 11 is 11.9. The molecule has 0 bridgehead atoms. The molecule has 0 radical (unpaired) electrons. The molecule has 0 unspecified atom stereocenters. The van der Waals surface area contributed by atoms with E-state index in [0.717, 1.165) is 6.07 Å². The van der Waals surface area contributed by atoms with E-state index < -0.39 is 28.5 Å². The smallest absolute Gasteiger partial charge is 0.338 e. The molecule has 2 aromatic carbocycles. The third-order valence-electron chi connectivity index (χ3n) is 3.92. The zero-order chi connectivity index (χ0) is 22.3. The van der Waals surface area contributed by atoms with Gasteiger partial charge in [-0.25, -0.2) is 17.9 Å². The number of hydrogen-bond acceptors (Lipinski definition) is 6. The van der Waals surface area contributed by atoms with Crippen molar-refractivity contribution >= 4 is 50.8 Å². The molecule has 2 rings (SSSR count). The molecule has 158 valence electrons. The van der Waals surface area contributed by atoms with Crippen LogP contribution in [0, 0.1) is 11.3 Å². The molecule has 11 heteroatoms. The van der Waals surface area contributed by atoms with Crippen molar-refractivity contribution in [2.45, 2.75) is 11.3 Å². The Balaban J connectivity index is 2.16. The molecule has 1 amide bonds. The first-order valence-corrected chi connectivity index (χ1v) is 10.8. The van der Waals surface area contributed by atoms with E-state index in [4.69, 9.17) is 33.2 Å². The number of anilines is 1. The van der Waals surface area contributed by atoms with Crippen LogP contribution in [0.5, 0.6) is 0 Å². The molecule has 0 aromatic heterocycles. The van der Waals surface area contributed by atoms with Gasteiger partial charge in [0.1, 0.15) is 4.90 Å². The van der Waals surface area contributed by atoms with Gasteiger partial charge in [-0.05, 0) is 43.4 Å². The molecule has 0 aliphatic heterocycles. The van der Waals surface area contributed by atoms with Gasteiger partial charge in [-0.15, -0.1) is 0 Å². The van der Waals surface area contributed by atoms with Crippen LogP contribution in [0.1, 0.15) is 16.8 Å². The Morgan fingerprint density at radius 2 is 1.93 bits per heavy atom. The average molecular weight is 470 g/mol. The lowest BCUT2D eigenvalue weighted by Crippen LogP contribution is -2.35. The zero-order valence-electron chi connectivity index (χ0n) is 15.8. The minimum absolute atomic E-state index is 0.0641. The molecule has 0 aliphatic carbocycles. The summed E-state index contributed by atoms with van der Waals surface area (Å²) in [6.07, 6.45) is 0.0641. The van der Waals surface area contributed by atoms with Gasteiger partial charge in [0.15, 0.2) is 6.61 Å². The number of hydrogen-bond donors (Lipinski definition) is 1. The molecule has 2 aromatic rings. The Hall–Kier alpha value is -2.64. The molecule has 0 heterocycles. The normalized spacial score (nSPS) is 10.9. The lowest BCUT2D eigenvalue weighted by molar-refractivity contribution is -0.121. The highest BCUT2D eigenvalue weighted by atomic mass is 35.5. The van der Waals surface area contributed by atoms with Crippen LogP contribution in [0.3, 0.4) is 0 Å². The lowest BCUT2D eigenvalue weighted by atomic mass is 10.2. The number of amides is 1. The second-order valence-corrected chi connectivity index (χ2v) is 8.56. The van der Waals surface area contributed by atoms with Crippen molar-refractivity contribution < 1.29 is 22.7 Å². The van der Waals surface area contributed by atoms with Gasteiger partial charge in [-0.1, -0.05) is 29.3 Å². The van der Waals surface area contributed by atoms with Gasteiger partial charge in [-0.2, -0.15) is 5.26 Å². The first kappa shape index (κ1) is 23.6. The van der Waals surface area contributed by atoms with Gasteiger partial charge in [0.05, 0.1) is 23.1 Å². The van der Waals surface area contributed by atoms with E-state index >= 15 is 0 Å².